The Morgan fingerprint density at radius 2 is 2.54 bits per heavy atom. The third-order valence-electron chi connectivity index (χ3n) is 2.07. The smallest absolute Gasteiger partial charge is 0.229 e. The van der Waals surface area contributed by atoms with Gasteiger partial charge in [0.2, 0.25) is 5.91 Å². The van der Waals surface area contributed by atoms with E-state index in [9.17, 15) is 4.79 Å². The van der Waals surface area contributed by atoms with Gasteiger partial charge in [-0.3, -0.25) is 14.8 Å². The molecule has 1 aliphatic heterocycles. The molecule has 0 bridgehead atoms. The first-order valence-corrected chi connectivity index (χ1v) is 4.69. The lowest BCUT2D eigenvalue weighted by atomic mass is 10.4. The lowest BCUT2D eigenvalue weighted by molar-refractivity contribution is -0.117. The van der Waals surface area contributed by atoms with Crippen molar-refractivity contribution in [1.82, 2.24) is 10.2 Å². The molecule has 1 aromatic heterocycles. The van der Waals surface area contributed by atoms with Crippen molar-refractivity contribution in [2.45, 2.75) is 18.6 Å². The van der Waals surface area contributed by atoms with Gasteiger partial charge in [-0.25, -0.2) is 0 Å². The van der Waals surface area contributed by atoms with Gasteiger partial charge >= 0.3 is 0 Å². The van der Waals surface area contributed by atoms with Crippen LogP contribution in [0, 0.1) is 6.92 Å². The van der Waals surface area contributed by atoms with Crippen molar-refractivity contribution in [2.75, 3.05) is 11.4 Å². The van der Waals surface area contributed by atoms with Gasteiger partial charge in [0, 0.05) is 30.0 Å². The highest BCUT2D eigenvalue weighted by atomic mass is 32.1. The van der Waals surface area contributed by atoms with Crippen molar-refractivity contribution in [3.05, 3.63) is 11.8 Å². The summed E-state index contributed by atoms with van der Waals surface area (Å²) in [6.07, 6.45) is 0.509. The number of aromatic nitrogens is 2. The lowest BCUT2D eigenvalue weighted by Gasteiger charge is -2.10. The number of aromatic amines is 1. The topological polar surface area (TPSA) is 49.0 Å². The molecule has 1 aliphatic rings. The highest BCUT2D eigenvalue weighted by Crippen LogP contribution is 2.22. The number of rotatable bonds is 1. The number of hydrogen-bond donors (Lipinski definition) is 2. The van der Waals surface area contributed by atoms with Gasteiger partial charge in [-0.2, -0.15) is 17.7 Å². The zero-order valence-electron chi connectivity index (χ0n) is 7.32. The molecule has 2 rings (SSSR count). The second kappa shape index (κ2) is 3.06. The van der Waals surface area contributed by atoms with Crippen LogP contribution < -0.4 is 4.90 Å². The van der Waals surface area contributed by atoms with E-state index in [1.165, 1.54) is 0 Å². The Labute approximate surface area is 81.7 Å². The standard InChI is InChI=1S/C8H11N3OS/c1-5-2-7(10-9-5)11-4-6(13)3-8(11)12/h2,6,13H,3-4H2,1H3,(H,9,10). The van der Waals surface area contributed by atoms with Gasteiger partial charge in [0.15, 0.2) is 5.82 Å². The van der Waals surface area contributed by atoms with Crippen molar-refractivity contribution in [3.8, 4) is 0 Å². The fourth-order valence-electron chi connectivity index (χ4n) is 1.45. The second-order valence-corrected chi connectivity index (χ2v) is 4.00. The van der Waals surface area contributed by atoms with E-state index in [1.807, 2.05) is 13.0 Å². The summed E-state index contributed by atoms with van der Waals surface area (Å²) in [6.45, 7) is 2.57. The summed E-state index contributed by atoms with van der Waals surface area (Å²) in [7, 11) is 0. The van der Waals surface area contributed by atoms with E-state index in [2.05, 4.69) is 22.8 Å². The SMILES string of the molecule is Cc1cc(N2CC(S)CC2=O)n[nH]1. The second-order valence-electron chi connectivity index (χ2n) is 3.27. The molecule has 70 valence electrons. The predicted octanol–water partition coefficient (Wildman–Crippen LogP) is 0.753. The highest BCUT2D eigenvalue weighted by Gasteiger charge is 2.29. The molecular formula is C8H11N3OS. The van der Waals surface area contributed by atoms with E-state index < -0.39 is 0 Å². The molecule has 0 saturated carbocycles. The third-order valence-corrected chi connectivity index (χ3v) is 2.42. The maximum Gasteiger partial charge on any atom is 0.229 e. The van der Waals surface area contributed by atoms with Crippen LogP contribution in [0.2, 0.25) is 0 Å². The fraction of sp³-hybridized carbons (Fsp3) is 0.500. The average molecular weight is 197 g/mol. The van der Waals surface area contributed by atoms with Crippen molar-refractivity contribution in [3.63, 3.8) is 0 Å². The van der Waals surface area contributed by atoms with Crippen LogP contribution in [0.25, 0.3) is 0 Å². The van der Waals surface area contributed by atoms with Crippen LogP contribution in [0.3, 0.4) is 0 Å². The summed E-state index contributed by atoms with van der Waals surface area (Å²) in [4.78, 5) is 13.1. The maximum atomic E-state index is 11.4. The number of nitrogens with one attached hydrogen (secondary N) is 1. The summed E-state index contributed by atoms with van der Waals surface area (Å²) in [5.41, 5.74) is 0.963. The number of amides is 1. The molecule has 1 atom stereocenters. The first-order chi connectivity index (χ1) is 6.16. The normalized spacial score (nSPS) is 22.8. The number of thiol groups is 1. The van der Waals surface area contributed by atoms with Crippen LogP contribution in [-0.4, -0.2) is 27.9 Å². The number of anilines is 1. The van der Waals surface area contributed by atoms with Gasteiger partial charge in [0.1, 0.15) is 0 Å². The van der Waals surface area contributed by atoms with Crippen LogP contribution in [0.5, 0.6) is 0 Å². The van der Waals surface area contributed by atoms with Gasteiger partial charge in [-0.15, -0.1) is 0 Å². The summed E-state index contributed by atoms with van der Waals surface area (Å²) in [6, 6.07) is 1.86. The Morgan fingerprint density at radius 1 is 1.77 bits per heavy atom. The number of hydrogen-bond acceptors (Lipinski definition) is 3. The molecule has 0 aliphatic carbocycles. The molecule has 2 heterocycles. The summed E-state index contributed by atoms with van der Waals surface area (Å²) in [5.74, 6) is 0.811. The molecule has 1 aromatic rings. The molecular weight excluding hydrogens is 186 g/mol. The van der Waals surface area contributed by atoms with Crippen LogP contribution in [0.1, 0.15) is 12.1 Å². The molecule has 4 nitrogen and oxygen atoms in total. The predicted molar refractivity (Wildman–Crippen MR) is 53.1 cm³/mol. The quantitative estimate of drug-likeness (QED) is 0.653. The molecule has 1 N–H and O–H groups in total. The van der Waals surface area contributed by atoms with E-state index in [0.717, 1.165) is 5.69 Å². The number of aryl methyl sites for hydroxylation is 1. The summed E-state index contributed by atoms with van der Waals surface area (Å²) in [5, 5.41) is 6.98. The van der Waals surface area contributed by atoms with E-state index >= 15 is 0 Å². The third kappa shape index (κ3) is 1.56. The molecule has 5 heteroatoms. The Kier molecular flexibility index (Phi) is 2.03. The van der Waals surface area contributed by atoms with Gasteiger partial charge in [0.25, 0.3) is 0 Å². The number of carbonyl (C=O) groups is 1. The Hall–Kier alpha value is -0.970. The molecule has 0 radical (unpaired) electrons. The first-order valence-electron chi connectivity index (χ1n) is 4.17. The van der Waals surface area contributed by atoms with Crippen LogP contribution in [-0.2, 0) is 4.79 Å². The molecule has 1 fully saturated rings. The summed E-state index contributed by atoms with van der Waals surface area (Å²) < 4.78 is 0. The van der Waals surface area contributed by atoms with Crippen LogP contribution in [0.15, 0.2) is 6.07 Å². The molecule has 0 aromatic carbocycles. The highest BCUT2D eigenvalue weighted by molar-refractivity contribution is 7.81. The number of carbonyl (C=O) groups excluding carboxylic acids is 1. The van der Waals surface area contributed by atoms with E-state index in [-0.39, 0.29) is 11.2 Å². The minimum atomic E-state index is 0.103. The Balaban J connectivity index is 2.22. The maximum absolute atomic E-state index is 11.4. The van der Waals surface area contributed by atoms with Crippen molar-refractivity contribution in [2.24, 2.45) is 0 Å². The van der Waals surface area contributed by atoms with E-state index in [4.69, 9.17) is 0 Å². The Morgan fingerprint density at radius 3 is 3.00 bits per heavy atom. The summed E-state index contributed by atoms with van der Waals surface area (Å²) >= 11 is 4.27. The number of nitrogens with zero attached hydrogens (tertiary/aromatic N) is 2. The van der Waals surface area contributed by atoms with E-state index in [1.54, 1.807) is 4.90 Å². The zero-order chi connectivity index (χ0) is 9.42. The average Bonchev–Trinajstić information content (AvgIpc) is 2.58. The minimum absolute atomic E-state index is 0.103. The largest absolute Gasteiger partial charge is 0.294 e. The molecule has 1 unspecified atom stereocenters. The fourth-order valence-corrected chi connectivity index (χ4v) is 1.77. The van der Waals surface area contributed by atoms with Crippen molar-refractivity contribution < 1.29 is 4.79 Å². The van der Waals surface area contributed by atoms with Gasteiger partial charge in [-0.1, -0.05) is 0 Å². The molecule has 13 heavy (non-hydrogen) atoms. The number of H-pyrrole nitrogens is 1. The monoisotopic (exact) mass is 197 g/mol. The molecule has 1 saturated heterocycles. The van der Waals surface area contributed by atoms with Crippen molar-refractivity contribution >= 4 is 24.4 Å². The zero-order valence-corrected chi connectivity index (χ0v) is 8.21. The Bertz CT molecular complexity index is 336. The van der Waals surface area contributed by atoms with Gasteiger partial charge in [0.05, 0.1) is 0 Å². The van der Waals surface area contributed by atoms with Crippen LogP contribution in [0.4, 0.5) is 5.82 Å². The lowest BCUT2D eigenvalue weighted by Crippen LogP contribution is -2.24. The van der Waals surface area contributed by atoms with E-state index in [0.29, 0.717) is 18.8 Å². The molecule has 1 amide bonds. The van der Waals surface area contributed by atoms with Crippen molar-refractivity contribution in [1.29, 1.82) is 0 Å². The van der Waals surface area contributed by atoms with Gasteiger partial charge < -0.3 is 0 Å². The van der Waals surface area contributed by atoms with Gasteiger partial charge in [-0.05, 0) is 6.92 Å². The molecule has 0 spiro atoms. The first kappa shape index (κ1) is 8.62. The van der Waals surface area contributed by atoms with Crippen LogP contribution >= 0.6 is 12.6 Å². The minimum Gasteiger partial charge on any atom is -0.294 e.